The molecule has 0 bridgehead atoms. The summed E-state index contributed by atoms with van der Waals surface area (Å²) in [5.41, 5.74) is 3.59. The minimum absolute atomic E-state index is 0.530. The SMILES string of the molecule is Cc1nn(C)c(N(Cc2ccsc2)C2CC2)c1CCl. The summed E-state index contributed by atoms with van der Waals surface area (Å²) in [7, 11) is 2.02. The van der Waals surface area contributed by atoms with Gasteiger partial charge in [-0.15, -0.1) is 11.6 Å². The molecule has 0 saturated heterocycles. The van der Waals surface area contributed by atoms with Gasteiger partial charge in [0.15, 0.2) is 0 Å². The van der Waals surface area contributed by atoms with Crippen molar-refractivity contribution in [3.63, 3.8) is 0 Å². The van der Waals surface area contributed by atoms with E-state index in [0.29, 0.717) is 11.9 Å². The van der Waals surface area contributed by atoms with E-state index in [1.807, 2.05) is 18.7 Å². The zero-order valence-electron chi connectivity index (χ0n) is 11.3. The molecule has 2 aromatic rings. The number of anilines is 1. The molecule has 3 nitrogen and oxygen atoms in total. The molecule has 0 spiro atoms. The summed E-state index contributed by atoms with van der Waals surface area (Å²) < 4.78 is 1.98. The van der Waals surface area contributed by atoms with Crippen LogP contribution in [0.3, 0.4) is 0 Å². The van der Waals surface area contributed by atoms with E-state index >= 15 is 0 Å². The Morgan fingerprint density at radius 2 is 2.32 bits per heavy atom. The summed E-state index contributed by atoms with van der Waals surface area (Å²) in [5.74, 6) is 1.73. The van der Waals surface area contributed by atoms with Gasteiger partial charge >= 0.3 is 0 Å². The second-order valence-electron chi connectivity index (χ2n) is 5.14. The minimum Gasteiger partial charge on any atom is -0.349 e. The predicted octanol–water partition coefficient (Wildman–Crippen LogP) is 3.70. The van der Waals surface area contributed by atoms with Crippen LogP contribution in [-0.2, 0) is 19.5 Å². The number of hydrogen-bond acceptors (Lipinski definition) is 3. The highest BCUT2D eigenvalue weighted by Gasteiger charge is 2.33. The van der Waals surface area contributed by atoms with Gasteiger partial charge in [0.1, 0.15) is 5.82 Å². The van der Waals surface area contributed by atoms with Crippen molar-refractivity contribution in [1.29, 1.82) is 0 Å². The number of thiophene rings is 1. The van der Waals surface area contributed by atoms with E-state index in [-0.39, 0.29) is 0 Å². The van der Waals surface area contributed by atoms with Crippen molar-refractivity contribution in [3.05, 3.63) is 33.6 Å². The number of alkyl halides is 1. The molecule has 0 radical (unpaired) electrons. The van der Waals surface area contributed by atoms with Crippen LogP contribution in [-0.4, -0.2) is 15.8 Å². The molecule has 2 aromatic heterocycles. The summed E-state index contributed by atoms with van der Waals surface area (Å²) in [6, 6.07) is 2.85. The molecule has 0 aromatic carbocycles. The zero-order chi connectivity index (χ0) is 13.4. The predicted molar refractivity (Wildman–Crippen MR) is 81.0 cm³/mol. The summed E-state index contributed by atoms with van der Waals surface area (Å²) in [4.78, 5) is 2.47. The number of nitrogens with zero attached hydrogens (tertiary/aromatic N) is 3. The van der Waals surface area contributed by atoms with Gasteiger partial charge in [-0.1, -0.05) is 0 Å². The Morgan fingerprint density at radius 3 is 2.89 bits per heavy atom. The molecule has 0 N–H and O–H groups in total. The first-order valence-corrected chi connectivity index (χ1v) is 8.04. The average molecular weight is 296 g/mol. The molecule has 102 valence electrons. The van der Waals surface area contributed by atoms with Gasteiger partial charge in [-0.25, -0.2) is 0 Å². The highest BCUT2D eigenvalue weighted by atomic mass is 35.5. The maximum atomic E-state index is 6.12. The monoisotopic (exact) mass is 295 g/mol. The maximum absolute atomic E-state index is 6.12. The van der Waals surface area contributed by atoms with Crippen LogP contribution in [0.4, 0.5) is 5.82 Å². The molecule has 0 atom stereocenters. The van der Waals surface area contributed by atoms with E-state index in [1.54, 1.807) is 11.3 Å². The van der Waals surface area contributed by atoms with E-state index in [9.17, 15) is 0 Å². The van der Waals surface area contributed by atoms with Crippen molar-refractivity contribution in [2.45, 2.75) is 38.2 Å². The van der Waals surface area contributed by atoms with Crippen molar-refractivity contribution in [3.8, 4) is 0 Å². The van der Waals surface area contributed by atoms with Crippen LogP contribution in [0, 0.1) is 6.92 Å². The third-order valence-electron chi connectivity index (χ3n) is 3.64. The molecule has 0 aliphatic heterocycles. The normalized spacial score (nSPS) is 14.9. The minimum atomic E-state index is 0.530. The van der Waals surface area contributed by atoms with Crippen molar-refractivity contribution < 1.29 is 0 Å². The van der Waals surface area contributed by atoms with Crippen LogP contribution < -0.4 is 4.90 Å². The molecule has 2 heterocycles. The second-order valence-corrected chi connectivity index (χ2v) is 6.18. The van der Waals surface area contributed by atoms with E-state index in [0.717, 1.165) is 12.2 Å². The fraction of sp³-hybridized carbons (Fsp3) is 0.500. The number of halogens is 1. The molecule has 1 fully saturated rings. The van der Waals surface area contributed by atoms with Gasteiger partial charge in [-0.3, -0.25) is 4.68 Å². The van der Waals surface area contributed by atoms with Crippen molar-refractivity contribution in [2.75, 3.05) is 4.90 Å². The Labute approximate surface area is 122 Å². The van der Waals surface area contributed by atoms with E-state index in [2.05, 4.69) is 26.8 Å². The van der Waals surface area contributed by atoms with Gasteiger partial charge in [-0.2, -0.15) is 16.4 Å². The fourth-order valence-electron chi connectivity index (χ4n) is 2.55. The lowest BCUT2D eigenvalue weighted by Crippen LogP contribution is -2.27. The van der Waals surface area contributed by atoms with E-state index < -0.39 is 0 Å². The third kappa shape index (κ3) is 2.51. The first-order chi connectivity index (χ1) is 9.20. The Balaban J connectivity index is 1.96. The van der Waals surface area contributed by atoms with Gasteiger partial charge in [0.05, 0.1) is 11.6 Å². The highest BCUT2D eigenvalue weighted by molar-refractivity contribution is 7.07. The van der Waals surface area contributed by atoms with Crippen molar-refractivity contribution in [2.24, 2.45) is 7.05 Å². The quantitative estimate of drug-likeness (QED) is 0.784. The summed E-state index contributed by atoms with van der Waals surface area (Å²) in [6.45, 7) is 2.99. The summed E-state index contributed by atoms with van der Waals surface area (Å²) in [6.07, 6.45) is 2.55. The number of rotatable bonds is 5. The fourth-order valence-corrected chi connectivity index (χ4v) is 3.52. The molecular formula is C14H18ClN3S. The van der Waals surface area contributed by atoms with Gasteiger partial charge in [0.2, 0.25) is 0 Å². The van der Waals surface area contributed by atoms with Gasteiger partial charge < -0.3 is 4.90 Å². The van der Waals surface area contributed by atoms with Crippen molar-refractivity contribution in [1.82, 2.24) is 9.78 Å². The molecule has 19 heavy (non-hydrogen) atoms. The van der Waals surface area contributed by atoms with E-state index in [4.69, 9.17) is 11.6 Å². The standard InChI is InChI=1S/C14H18ClN3S/c1-10-13(7-15)14(17(2)16-10)18(12-3-4-12)8-11-5-6-19-9-11/h5-6,9,12H,3-4,7-8H2,1-2H3. The van der Waals surface area contributed by atoms with Gasteiger partial charge in [-0.05, 0) is 42.2 Å². The van der Waals surface area contributed by atoms with E-state index in [1.165, 1.54) is 29.8 Å². The third-order valence-corrected chi connectivity index (χ3v) is 4.64. The molecule has 1 saturated carbocycles. The van der Waals surface area contributed by atoms with Crippen LogP contribution in [0.1, 0.15) is 29.7 Å². The molecule has 0 unspecified atom stereocenters. The molecule has 5 heteroatoms. The van der Waals surface area contributed by atoms with Crippen LogP contribution in [0.5, 0.6) is 0 Å². The lowest BCUT2D eigenvalue weighted by Gasteiger charge is -2.25. The molecule has 1 aliphatic rings. The molecule has 0 amide bonds. The Hall–Kier alpha value is -1.00. The molecule has 3 rings (SSSR count). The summed E-state index contributed by atoms with van der Waals surface area (Å²) >= 11 is 7.88. The number of aryl methyl sites for hydroxylation is 2. The van der Waals surface area contributed by atoms with Crippen molar-refractivity contribution >= 4 is 28.8 Å². The topological polar surface area (TPSA) is 21.1 Å². The highest BCUT2D eigenvalue weighted by Crippen LogP contribution is 2.36. The maximum Gasteiger partial charge on any atom is 0.131 e. The largest absolute Gasteiger partial charge is 0.349 e. The summed E-state index contributed by atoms with van der Waals surface area (Å²) in [5, 5.41) is 8.89. The lowest BCUT2D eigenvalue weighted by molar-refractivity contribution is 0.690. The number of aromatic nitrogens is 2. The van der Waals surface area contributed by atoms with Gasteiger partial charge in [0, 0.05) is 25.2 Å². The van der Waals surface area contributed by atoms with Crippen LogP contribution in [0.25, 0.3) is 0 Å². The first-order valence-electron chi connectivity index (χ1n) is 6.57. The van der Waals surface area contributed by atoms with Crippen LogP contribution in [0.15, 0.2) is 16.8 Å². The second kappa shape index (κ2) is 5.17. The average Bonchev–Trinajstić information content (AvgIpc) is 3.02. The van der Waals surface area contributed by atoms with Gasteiger partial charge in [0.25, 0.3) is 0 Å². The Kier molecular flexibility index (Phi) is 3.54. The Bertz CT molecular complexity index is 558. The zero-order valence-corrected chi connectivity index (χ0v) is 12.8. The lowest BCUT2D eigenvalue weighted by atomic mass is 10.2. The smallest absolute Gasteiger partial charge is 0.131 e. The number of hydrogen-bond donors (Lipinski definition) is 0. The van der Waals surface area contributed by atoms with Crippen LogP contribution in [0.2, 0.25) is 0 Å². The molecular weight excluding hydrogens is 278 g/mol. The first kappa shape index (κ1) is 13.0. The van der Waals surface area contributed by atoms with Crippen LogP contribution >= 0.6 is 22.9 Å². The Morgan fingerprint density at radius 1 is 1.53 bits per heavy atom. The molecule has 1 aliphatic carbocycles.